The lowest BCUT2D eigenvalue weighted by molar-refractivity contribution is -0.387. The summed E-state index contributed by atoms with van der Waals surface area (Å²) in [5, 5.41) is 19.8. The van der Waals surface area contributed by atoms with E-state index < -0.39 is 10.9 Å². The van der Waals surface area contributed by atoms with Crippen LogP contribution < -0.4 is 0 Å². The largest absolute Gasteiger partial charge is 0.481 e. The number of carboxylic acid groups (broad SMARTS) is 1. The van der Waals surface area contributed by atoms with Gasteiger partial charge in [0, 0.05) is 17.4 Å². The van der Waals surface area contributed by atoms with Crippen LogP contribution in [0, 0.1) is 10.1 Å². The van der Waals surface area contributed by atoms with Crippen LogP contribution in [0.15, 0.2) is 58.3 Å². The van der Waals surface area contributed by atoms with E-state index in [0.717, 1.165) is 10.5 Å². The smallest absolute Gasteiger partial charge is 0.303 e. The number of para-hydroxylation sites is 1. The Hall–Kier alpha value is -2.34. The van der Waals surface area contributed by atoms with Crippen molar-refractivity contribution >= 4 is 23.4 Å². The maximum Gasteiger partial charge on any atom is 0.303 e. The fourth-order valence-electron chi connectivity index (χ4n) is 1.86. The van der Waals surface area contributed by atoms with Crippen LogP contribution in [0.25, 0.3) is 0 Å². The highest BCUT2D eigenvalue weighted by molar-refractivity contribution is 7.99. The molecule has 5 nitrogen and oxygen atoms in total. The zero-order valence-corrected chi connectivity index (χ0v) is 11.9. The van der Waals surface area contributed by atoms with Gasteiger partial charge in [-0.2, -0.15) is 0 Å². The van der Waals surface area contributed by atoms with Gasteiger partial charge in [-0.1, -0.05) is 42.1 Å². The van der Waals surface area contributed by atoms with E-state index in [2.05, 4.69) is 0 Å². The molecule has 0 radical (unpaired) electrons. The Morgan fingerprint density at radius 1 is 1.10 bits per heavy atom. The molecule has 6 heteroatoms. The maximum atomic E-state index is 11.0. The molecule has 21 heavy (non-hydrogen) atoms. The molecule has 0 aliphatic carbocycles. The zero-order valence-electron chi connectivity index (χ0n) is 11.1. The standard InChI is InChI=1S/C15H13NO4S/c17-15(18)10-9-11-5-1-3-7-13(11)21-14-8-4-2-6-12(14)16(19)20/h1-8H,9-10H2,(H,17,18). The van der Waals surface area contributed by atoms with Gasteiger partial charge in [0.25, 0.3) is 5.69 Å². The molecule has 108 valence electrons. The Labute approximate surface area is 125 Å². The average molecular weight is 303 g/mol. The average Bonchev–Trinajstić information content (AvgIpc) is 2.46. The number of nitro groups is 1. The Kier molecular flexibility index (Phi) is 4.94. The highest BCUT2D eigenvalue weighted by atomic mass is 32.2. The van der Waals surface area contributed by atoms with Gasteiger partial charge in [-0.15, -0.1) is 0 Å². The van der Waals surface area contributed by atoms with Gasteiger partial charge in [-0.25, -0.2) is 0 Å². The number of carbonyl (C=O) groups is 1. The highest BCUT2D eigenvalue weighted by Gasteiger charge is 2.15. The Morgan fingerprint density at radius 2 is 1.71 bits per heavy atom. The molecular formula is C15H13NO4S. The minimum Gasteiger partial charge on any atom is -0.481 e. The van der Waals surface area contributed by atoms with Crippen LogP contribution >= 0.6 is 11.8 Å². The third-order valence-electron chi connectivity index (χ3n) is 2.86. The predicted molar refractivity (Wildman–Crippen MR) is 79.6 cm³/mol. The monoisotopic (exact) mass is 303 g/mol. The first kappa shape index (κ1) is 15.1. The van der Waals surface area contributed by atoms with E-state index in [4.69, 9.17) is 5.11 Å². The second-order valence-electron chi connectivity index (χ2n) is 4.33. The quantitative estimate of drug-likeness (QED) is 0.649. The van der Waals surface area contributed by atoms with E-state index in [1.807, 2.05) is 24.3 Å². The molecule has 0 unspecified atom stereocenters. The summed E-state index contributed by atoms with van der Waals surface area (Å²) in [7, 11) is 0. The second-order valence-corrected chi connectivity index (χ2v) is 5.41. The number of nitro benzene ring substituents is 1. The summed E-state index contributed by atoms with van der Waals surface area (Å²) in [5.41, 5.74) is 0.929. The van der Waals surface area contributed by atoms with Gasteiger partial charge < -0.3 is 5.11 Å². The summed E-state index contributed by atoms with van der Waals surface area (Å²) >= 11 is 1.29. The van der Waals surface area contributed by atoms with Gasteiger partial charge in [-0.05, 0) is 24.1 Å². The summed E-state index contributed by atoms with van der Waals surface area (Å²) in [4.78, 5) is 22.7. The van der Waals surface area contributed by atoms with Crippen molar-refractivity contribution in [3.8, 4) is 0 Å². The van der Waals surface area contributed by atoms with Crippen LogP contribution in [-0.4, -0.2) is 16.0 Å². The minimum atomic E-state index is -0.861. The number of nitrogens with zero attached hydrogens (tertiary/aromatic N) is 1. The van der Waals surface area contributed by atoms with Gasteiger partial charge in [0.2, 0.25) is 0 Å². The molecule has 1 N–H and O–H groups in total. The van der Waals surface area contributed by atoms with Crippen LogP contribution in [-0.2, 0) is 11.2 Å². The highest BCUT2D eigenvalue weighted by Crippen LogP contribution is 2.36. The molecule has 0 saturated carbocycles. The molecule has 0 aromatic heterocycles. The Balaban J connectivity index is 2.28. The molecule has 0 bridgehead atoms. The van der Waals surface area contributed by atoms with E-state index in [-0.39, 0.29) is 12.1 Å². The van der Waals surface area contributed by atoms with Gasteiger partial charge in [0.05, 0.1) is 9.82 Å². The molecule has 0 saturated heterocycles. The summed E-state index contributed by atoms with van der Waals surface area (Å²) in [6.45, 7) is 0. The van der Waals surface area contributed by atoms with Crippen molar-refractivity contribution in [1.82, 2.24) is 0 Å². The van der Waals surface area contributed by atoms with Crippen LogP contribution in [0.4, 0.5) is 5.69 Å². The molecule has 2 rings (SSSR count). The van der Waals surface area contributed by atoms with E-state index in [9.17, 15) is 14.9 Å². The number of benzene rings is 2. The van der Waals surface area contributed by atoms with Crippen molar-refractivity contribution in [3.05, 3.63) is 64.2 Å². The number of aryl methyl sites for hydroxylation is 1. The molecule has 0 amide bonds. The molecule has 0 heterocycles. The molecule has 0 aliphatic heterocycles. The molecule has 0 atom stereocenters. The first-order valence-corrected chi connectivity index (χ1v) is 7.10. The topological polar surface area (TPSA) is 80.4 Å². The van der Waals surface area contributed by atoms with Gasteiger partial charge in [0.15, 0.2) is 0 Å². The van der Waals surface area contributed by atoms with Crippen molar-refractivity contribution in [2.24, 2.45) is 0 Å². The SMILES string of the molecule is O=C(O)CCc1ccccc1Sc1ccccc1[N+](=O)[O-]. The van der Waals surface area contributed by atoms with Crippen molar-refractivity contribution in [2.75, 3.05) is 0 Å². The van der Waals surface area contributed by atoms with E-state index in [1.54, 1.807) is 18.2 Å². The molecule has 2 aromatic rings. The number of rotatable bonds is 6. The van der Waals surface area contributed by atoms with E-state index >= 15 is 0 Å². The van der Waals surface area contributed by atoms with Crippen LogP contribution in [0.3, 0.4) is 0 Å². The first-order valence-electron chi connectivity index (χ1n) is 6.29. The lowest BCUT2D eigenvalue weighted by atomic mass is 10.1. The second kappa shape index (κ2) is 6.90. The fraction of sp³-hybridized carbons (Fsp3) is 0.133. The van der Waals surface area contributed by atoms with E-state index in [1.165, 1.54) is 17.8 Å². The van der Waals surface area contributed by atoms with Gasteiger partial charge >= 0.3 is 5.97 Å². The molecule has 2 aromatic carbocycles. The predicted octanol–water partition coefficient (Wildman–Crippen LogP) is 3.76. The van der Waals surface area contributed by atoms with Crippen molar-refractivity contribution in [2.45, 2.75) is 22.6 Å². The first-order chi connectivity index (χ1) is 10.1. The Bertz CT molecular complexity index is 672. The molecule has 0 aliphatic rings. The van der Waals surface area contributed by atoms with Crippen molar-refractivity contribution in [3.63, 3.8) is 0 Å². The maximum absolute atomic E-state index is 11.0. The number of hydrogen-bond donors (Lipinski definition) is 1. The number of aliphatic carboxylic acids is 1. The van der Waals surface area contributed by atoms with Crippen LogP contribution in [0.5, 0.6) is 0 Å². The molecule has 0 spiro atoms. The molecule has 0 fully saturated rings. The lowest BCUT2D eigenvalue weighted by Gasteiger charge is -2.08. The third kappa shape index (κ3) is 4.06. The summed E-state index contributed by atoms with van der Waals surface area (Å²) in [5.74, 6) is -0.861. The van der Waals surface area contributed by atoms with Crippen LogP contribution in [0.2, 0.25) is 0 Å². The molecular weight excluding hydrogens is 290 g/mol. The van der Waals surface area contributed by atoms with Gasteiger partial charge in [-0.3, -0.25) is 14.9 Å². The minimum absolute atomic E-state index is 0.0362. The summed E-state index contributed by atoms with van der Waals surface area (Å²) in [6.07, 6.45) is 0.438. The number of carboxylic acids is 1. The summed E-state index contributed by atoms with van der Waals surface area (Å²) in [6, 6.07) is 13.9. The summed E-state index contributed by atoms with van der Waals surface area (Å²) < 4.78 is 0. The van der Waals surface area contributed by atoms with Crippen molar-refractivity contribution in [1.29, 1.82) is 0 Å². The van der Waals surface area contributed by atoms with E-state index in [0.29, 0.717) is 11.3 Å². The van der Waals surface area contributed by atoms with Gasteiger partial charge in [0.1, 0.15) is 0 Å². The zero-order chi connectivity index (χ0) is 15.2. The lowest BCUT2D eigenvalue weighted by Crippen LogP contribution is -1.98. The fourth-order valence-corrected chi connectivity index (χ4v) is 2.94. The van der Waals surface area contributed by atoms with Crippen molar-refractivity contribution < 1.29 is 14.8 Å². The third-order valence-corrected chi connectivity index (χ3v) is 4.05. The van der Waals surface area contributed by atoms with Crippen LogP contribution in [0.1, 0.15) is 12.0 Å². The Morgan fingerprint density at radius 3 is 2.38 bits per heavy atom. The normalized spacial score (nSPS) is 10.3. The number of hydrogen-bond acceptors (Lipinski definition) is 4.